The van der Waals surface area contributed by atoms with Crippen LogP contribution in [0.25, 0.3) is 0 Å². The average molecular weight is 474 g/mol. The predicted molar refractivity (Wildman–Crippen MR) is 112 cm³/mol. The van der Waals surface area contributed by atoms with E-state index in [1.165, 1.54) is 5.69 Å². The Morgan fingerprint density at radius 2 is 1.38 bits per heavy atom. The van der Waals surface area contributed by atoms with Crippen molar-refractivity contribution in [2.24, 2.45) is 0 Å². The van der Waals surface area contributed by atoms with Crippen molar-refractivity contribution >= 4 is 47.1 Å². The molecule has 1 amide bonds. The van der Waals surface area contributed by atoms with E-state index in [1.807, 2.05) is 18.2 Å². The number of halogens is 1. The summed E-state index contributed by atoms with van der Waals surface area (Å²) in [5, 5.41) is 33.4. The Balaban J connectivity index is 0.000000355. The van der Waals surface area contributed by atoms with Crippen LogP contribution in [0, 0.1) is 0 Å². The summed E-state index contributed by atoms with van der Waals surface area (Å²) in [6, 6.07) is 8.41. The zero-order chi connectivity index (χ0) is 24.3. The van der Waals surface area contributed by atoms with Crippen molar-refractivity contribution < 1.29 is 44.4 Å². The van der Waals surface area contributed by atoms with Gasteiger partial charge in [-0.3, -0.25) is 9.69 Å². The van der Waals surface area contributed by atoms with Gasteiger partial charge in [0.15, 0.2) is 0 Å². The lowest BCUT2D eigenvalue weighted by Gasteiger charge is -2.35. The number of hydrogen-bond acceptors (Lipinski definition) is 7. The number of hydrogen-bond donors (Lipinski definition) is 5. The minimum atomic E-state index is -1.82. The first-order valence-corrected chi connectivity index (χ1v) is 9.82. The summed E-state index contributed by atoms with van der Waals surface area (Å²) in [5.41, 5.74) is 1.17. The maximum atomic E-state index is 11.8. The SMILES string of the molecule is O=C(CN1CCN(c2cccc(Cl)c2)CC1)NC1CC1.O=C(O)C(=O)O.O=C(O)C(=O)O. The smallest absolute Gasteiger partial charge is 0.414 e. The predicted octanol–water partition coefficient (Wildman–Crippen LogP) is 0.0518. The number of benzene rings is 1. The van der Waals surface area contributed by atoms with Crippen molar-refractivity contribution in [3.05, 3.63) is 29.3 Å². The van der Waals surface area contributed by atoms with Gasteiger partial charge in [0.1, 0.15) is 0 Å². The van der Waals surface area contributed by atoms with E-state index in [0.29, 0.717) is 12.6 Å². The van der Waals surface area contributed by atoms with E-state index in [4.69, 9.17) is 51.2 Å². The molecule has 1 saturated heterocycles. The van der Waals surface area contributed by atoms with E-state index >= 15 is 0 Å². The van der Waals surface area contributed by atoms with Crippen LogP contribution in [-0.4, -0.2) is 93.9 Å². The number of carbonyl (C=O) groups is 5. The van der Waals surface area contributed by atoms with Crippen LogP contribution >= 0.6 is 11.6 Å². The summed E-state index contributed by atoms with van der Waals surface area (Å²) in [6.07, 6.45) is 2.29. The largest absolute Gasteiger partial charge is 0.473 e. The summed E-state index contributed by atoms with van der Waals surface area (Å²) < 4.78 is 0. The highest BCUT2D eigenvalue weighted by atomic mass is 35.5. The van der Waals surface area contributed by atoms with E-state index in [1.54, 1.807) is 0 Å². The summed E-state index contributed by atoms with van der Waals surface area (Å²) in [7, 11) is 0. The first-order chi connectivity index (χ1) is 15.0. The second-order valence-electron chi connectivity index (χ2n) is 6.81. The number of carbonyl (C=O) groups excluding carboxylic acids is 1. The number of nitrogens with zero attached hydrogens (tertiary/aromatic N) is 2. The molecule has 0 unspecified atom stereocenters. The summed E-state index contributed by atoms with van der Waals surface area (Å²) >= 11 is 6.03. The highest BCUT2D eigenvalue weighted by Crippen LogP contribution is 2.21. The number of anilines is 1. The van der Waals surface area contributed by atoms with Crippen LogP contribution in [0.4, 0.5) is 5.69 Å². The molecule has 0 bridgehead atoms. The molecule has 1 aromatic carbocycles. The molecule has 1 saturated carbocycles. The Bertz CT molecular complexity index is 789. The summed E-state index contributed by atoms with van der Waals surface area (Å²) in [5.74, 6) is -7.13. The summed E-state index contributed by atoms with van der Waals surface area (Å²) in [6.45, 7) is 4.25. The molecule has 12 nitrogen and oxygen atoms in total. The molecular weight excluding hydrogens is 450 g/mol. The normalized spacial score (nSPS) is 15.2. The number of piperazine rings is 1. The molecule has 2 fully saturated rings. The molecule has 32 heavy (non-hydrogen) atoms. The lowest BCUT2D eigenvalue weighted by Crippen LogP contribution is -2.49. The van der Waals surface area contributed by atoms with Crippen LogP contribution in [0.3, 0.4) is 0 Å². The van der Waals surface area contributed by atoms with Gasteiger partial charge in [-0.15, -0.1) is 0 Å². The first-order valence-electron chi connectivity index (χ1n) is 9.44. The third-order valence-corrected chi connectivity index (χ3v) is 4.46. The van der Waals surface area contributed by atoms with Gasteiger partial charge in [0, 0.05) is 42.9 Å². The fraction of sp³-hybridized carbons (Fsp3) is 0.421. The van der Waals surface area contributed by atoms with Crippen LogP contribution in [-0.2, 0) is 24.0 Å². The van der Waals surface area contributed by atoms with E-state index in [2.05, 4.69) is 21.2 Å². The second kappa shape index (κ2) is 13.1. The Hall–Kier alpha value is -3.38. The number of amides is 1. The van der Waals surface area contributed by atoms with Crippen LogP contribution in [0.2, 0.25) is 5.02 Å². The molecule has 3 rings (SSSR count). The molecule has 0 radical (unpaired) electrons. The molecule has 1 aliphatic carbocycles. The van der Waals surface area contributed by atoms with Crippen LogP contribution in [0.1, 0.15) is 12.8 Å². The van der Waals surface area contributed by atoms with Gasteiger partial charge in [0.25, 0.3) is 0 Å². The molecule has 0 aromatic heterocycles. The Morgan fingerprint density at radius 3 is 1.78 bits per heavy atom. The topological polar surface area (TPSA) is 185 Å². The van der Waals surface area contributed by atoms with Gasteiger partial charge in [-0.1, -0.05) is 17.7 Å². The quantitative estimate of drug-likeness (QED) is 0.372. The van der Waals surface area contributed by atoms with E-state index in [9.17, 15) is 4.79 Å². The third-order valence-electron chi connectivity index (χ3n) is 4.22. The molecule has 1 heterocycles. The number of aliphatic carboxylic acids is 4. The highest BCUT2D eigenvalue weighted by molar-refractivity contribution is 6.30. The zero-order valence-corrected chi connectivity index (χ0v) is 17.7. The number of rotatable bonds is 4. The number of carboxylic acids is 4. The first kappa shape index (κ1) is 26.7. The van der Waals surface area contributed by atoms with Gasteiger partial charge in [-0.25, -0.2) is 19.2 Å². The van der Waals surface area contributed by atoms with Crippen molar-refractivity contribution in [3.8, 4) is 0 Å². The van der Waals surface area contributed by atoms with E-state index in [0.717, 1.165) is 44.0 Å². The van der Waals surface area contributed by atoms with E-state index < -0.39 is 23.9 Å². The minimum absolute atomic E-state index is 0.170. The minimum Gasteiger partial charge on any atom is -0.473 e. The monoisotopic (exact) mass is 473 g/mol. The highest BCUT2D eigenvalue weighted by Gasteiger charge is 2.25. The van der Waals surface area contributed by atoms with Gasteiger partial charge in [-0.2, -0.15) is 0 Å². The van der Waals surface area contributed by atoms with Crippen LogP contribution < -0.4 is 10.2 Å². The average Bonchev–Trinajstić information content (AvgIpc) is 3.53. The Labute approximate surface area is 188 Å². The Morgan fingerprint density at radius 1 is 0.875 bits per heavy atom. The Kier molecular flexibility index (Phi) is 10.9. The zero-order valence-electron chi connectivity index (χ0n) is 16.9. The maximum Gasteiger partial charge on any atom is 0.414 e. The molecule has 2 aliphatic rings. The standard InChI is InChI=1S/C15H20ClN3O.2C2H2O4/c16-12-2-1-3-14(10-12)19-8-6-18(7-9-19)11-15(20)17-13-4-5-13;2*3-1(4)2(5)6/h1-3,10,13H,4-9,11H2,(H,17,20);2*(H,3,4)(H,5,6). The van der Waals surface area contributed by atoms with Crippen molar-refractivity contribution in [1.29, 1.82) is 0 Å². The molecule has 1 aliphatic heterocycles. The number of nitrogens with one attached hydrogen (secondary N) is 1. The second-order valence-corrected chi connectivity index (χ2v) is 7.24. The van der Waals surface area contributed by atoms with Crippen molar-refractivity contribution in [2.75, 3.05) is 37.6 Å². The van der Waals surface area contributed by atoms with E-state index in [-0.39, 0.29) is 5.91 Å². The number of carboxylic acid groups (broad SMARTS) is 4. The molecule has 13 heteroatoms. The maximum absolute atomic E-state index is 11.8. The molecule has 5 N–H and O–H groups in total. The lowest BCUT2D eigenvalue weighted by atomic mass is 10.2. The molecule has 0 spiro atoms. The van der Waals surface area contributed by atoms with Gasteiger partial charge >= 0.3 is 23.9 Å². The summed E-state index contributed by atoms with van der Waals surface area (Å²) in [4.78, 5) is 52.7. The molecular formula is C19H24ClN3O9. The van der Waals surface area contributed by atoms with Crippen LogP contribution in [0.5, 0.6) is 0 Å². The van der Waals surface area contributed by atoms with Crippen molar-refractivity contribution in [3.63, 3.8) is 0 Å². The fourth-order valence-corrected chi connectivity index (χ4v) is 2.73. The van der Waals surface area contributed by atoms with Crippen LogP contribution in [0.15, 0.2) is 24.3 Å². The lowest BCUT2D eigenvalue weighted by molar-refractivity contribution is -0.159. The molecule has 1 aromatic rings. The van der Waals surface area contributed by atoms with Gasteiger partial charge in [0.05, 0.1) is 6.54 Å². The fourth-order valence-electron chi connectivity index (χ4n) is 2.54. The van der Waals surface area contributed by atoms with Crippen molar-refractivity contribution in [1.82, 2.24) is 10.2 Å². The van der Waals surface area contributed by atoms with Gasteiger partial charge in [0.2, 0.25) is 5.91 Å². The van der Waals surface area contributed by atoms with Crippen molar-refractivity contribution in [2.45, 2.75) is 18.9 Å². The van der Waals surface area contributed by atoms with Gasteiger partial charge in [-0.05, 0) is 31.0 Å². The molecule has 176 valence electrons. The molecule has 0 atom stereocenters. The third kappa shape index (κ3) is 11.1. The van der Waals surface area contributed by atoms with Gasteiger partial charge < -0.3 is 30.6 Å².